The zero-order valence-electron chi connectivity index (χ0n) is 8.20. The Morgan fingerprint density at radius 2 is 2.47 bits per heavy atom. The molecular formula is C10H12Cl2N2O. The fourth-order valence-electron chi connectivity index (χ4n) is 1.65. The van der Waals surface area contributed by atoms with Crippen LogP contribution in [0.3, 0.4) is 0 Å². The smallest absolute Gasteiger partial charge is 0.147 e. The predicted molar refractivity (Wildman–Crippen MR) is 61.9 cm³/mol. The van der Waals surface area contributed by atoms with E-state index in [1.807, 2.05) is 12.1 Å². The Balaban J connectivity index is 2.24. The number of morpholine rings is 1. The summed E-state index contributed by atoms with van der Waals surface area (Å²) in [6.45, 7) is 2.12. The maximum atomic E-state index is 6.09. The zero-order valence-corrected chi connectivity index (χ0v) is 9.71. The second-order valence-electron chi connectivity index (χ2n) is 3.39. The van der Waals surface area contributed by atoms with Gasteiger partial charge in [-0.15, -0.1) is 11.6 Å². The van der Waals surface area contributed by atoms with Crippen molar-refractivity contribution in [3.05, 3.63) is 23.4 Å². The van der Waals surface area contributed by atoms with Crippen LogP contribution in [-0.2, 0) is 4.74 Å². The molecule has 1 aromatic heterocycles. The van der Waals surface area contributed by atoms with Crippen molar-refractivity contribution in [1.29, 1.82) is 0 Å². The molecule has 0 aliphatic carbocycles. The largest absolute Gasteiger partial charge is 0.377 e. The average Bonchev–Trinajstić information content (AvgIpc) is 2.30. The Labute approximate surface area is 98.9 Å². The highest BCUT2D eigenvalue weighted by Crippen LogP contribution is 2.25. The molecule has 0 saturated carbocycles. The van der Waals surface area contributed by atoms with Gasteiger partial charge in [0.1, 0.15) is 5.82 Å². The van der Waals surface area contributed by atoms with Gasteiger partial charge in [-0.05, 0) is 12.1 Å². The lowest BCUT2D eigenvalue weighted by atomic mass is 10.2. The van der Waals surface area contributed by atoms with Crippen molar-refractivity contribution in [2.45, 2.75) is 6.04 Å². The van der Waals surface area contributed by atoms with E-state index in [0.29, 0.717) is 24.1 Å². The van der Waals surface area contributed by atoms with Crippen LogP contribution in [0.5, 0.6) is 0 Å². The Morgan fingerprint density at radius 1 is 1.60 bits per heavy atom. The molecule has 1 saturated heterocycles. The minimum Gasteiger partial charge on any atom is -0.377 e. The lowest BCUT2D eigenvalue weighted by molar-refractivity contribution is 0.0994. The maximum absolute atomic E-state index is 6.09. The van der Waals surface area contributed by atoms with Gasteiger partial charge in [0, 0.05) is 18.6 Å². The number of anilines is 1. The molecule has 0 aromatic carbocycles. The molecule has 2 heterocycles. The Kier molecular flexibility index (Phi) is 3.67. The fourth-order valence-corrected chi connectivity index (χ4v) is 2.14. The SMILES string of the molecule is ClCC1COCCN1c1ncccc1Cl. The van der Waals surface area contributed by atoms with Gasteiger partial charge < -0.3 is 9.64 Å². The molecule has 1 aliphatic heterocycles. The van der Waals surface area contributed by atoms with Crippen molar-refractivity contribution in [3.63, 3.8) is 0 Å². The lowest BCUT2D eigenvalue weighted by Crippen LogP contribution is -2.47. The summed E-state index contributed by atoms with van der Waals surface area (Å²) in [4.78, 5) is 6.39. The molecule has 82 valence electrons. The zero-order chi connectivity index (χ0) is 10.7. The molecule has 1 aliphatic rings. The van der Waals surface area contributed by atoms with Crippen LogP contribution in [-0.4, -0.2) is 36.7 Å². The summed E-state index contributed by atoms with van der Waals surface area (Å²) in [6.07, 6.45) is 1.74. The van der Waals surface area contributed by atoms with Gasteiger partial charge in [-0.25, -0.2) is 4.98 Å². The van der Waals surface area contributed by atoms with Crippen molar-refractivity contribution in [2.75, 3.05) is 30.5 Å². The number of hydrogen-bond acceptors (Lipinski definition) is 3. The van der Waals surface area contributed by atoms with Crippen LogP contribution in [0.1, 0.15) is 0 Å². The number of alkyl halides is 1. The lowest BCUT2D eigenvalue weighted by Gasteiger charge is -2.35. The van der Waals surface area contributed by atoms with Crippen LogP contribution in [0, 0.1) is 0 Å². The van der Waals surface area contributed by atoms with Gasteiger partial charge in [0.2, 0.25) is 0 Å². The third kappa shape index (κ3) is 2.36. The first-order valence-corrected chi connectivity index (χ1v) is 5.75. The first kappa shape index (κ1) is 11.0. The van der Waals surface area contributed by atoms with Gasteiger partial charge in [0.15, 0.2) is 0 Å². The number of aromatic nitrogens is 1. The van der Waals surface area contributed by atoms with Crippen molar-refractivity contribution >= 4 is 29.0 Å². The van der Waals surface area contributed by atoms with Crippen LogP contribution >= 0.6 is 23.2 Å². The molecule has 0 bridgehead atoms. The number of nitrogens with zero attached hydrogens (tertiary/aromatic N) is 2. The summed E-state index contributed by atoms with van der Waals surface area (Å²) in [5.41, 5.74) is 0. The molecule has 0 N–H and O–H groups in total. The van der Waals surface area contributed by atoms with Crippen LogP contribution in [0.25, 0.3) is 0 Å². The summed E-state index contributed by atoms with van der Waals surface area (Å²) >= 11 is 12.0. The fraction of sp³-hybridized carbons (Fsp3) is 0.500. The van der Waals surface area contributed by atoms with Crippen LogP contribution in [0.2, 0.25) is 5.02 Å². The normalized spacial score (nSPS) is 21.7. The van der Waals surface area contributed by atoms with Gasteiger partial charge >= 0.3 is 0 Å². The summed E-state index contributed by atoms with van der Waals surface area (Å²) in [6, 6.07) is 3.82. The van der Waals surface area contributed by atoms with E-state index in [-0.39, 0.29) is 6.04 Å². The highest BCUT2D eigenvalue weighted by atomic mass is 35.5. The van der Waals surface area contributed by atoms with E-state index in [4.69, 9.17) is 27.9 Å². The maximum Gasteiger partial charge on any atom is 0.147 e. The van der Waals surface area contributed by atoms with Crippen LogP contribution in [0.15, 0.2) is 18.3 Å². The Hall–Kier alpha value is -0.510. The van der Waals surface area contributed by atoms with E-state index in [1.165, 1.54) is 0 Å². The quantitative estimate of drug-likeness (QED) is 0.749. The monoisotopic (exact) mass is 246 g/mol. The third-order valence-electron chi connectivity index (χ3n) is 2.42. The topological polar surface area (TPSA) is 25.4 Å². The average molecular weight is 247 g/mol. The van der Waals surface area contributed by atoms with E-state index in [1.54, 1.807) is 6.20 Å². The van der Waals surface area contributed by atoms with E-state index in [0.717, 1.165) is 12.4 Å². The van der Waals surface area contributed by atoms with Gasteiger partial charge in [-0.1, -0.05) is 11.6 Å². The van der Waals surface area contributed by atoms with Crippen molar-refractivity contribution in [2.24, 2.45) is 0 Å². The molecule has 15 heavy (non-hydrogen) atoms. The second-order valence-corrected chi connectivity index (χ2v) is 4.10. The van der Waals surface area contributed by atoms with E-state index in [2.05, 4.69) is 9.88 Å². The van der Waals surface area contributed by atoms with Crippen molar-refractivity contribution in [1.82, 2.24) is 4.98 Å². The predicted octanol–water partition coefficient (Wildman–Crippen LogP) is 2.18. The summed E-state index contributed by atoms with van der Waals surface area (Å²) in [5, 5.41) is 0.662. The van der Waals surface area contributed by atoms with Crippen molar-refractivity contribution < 1.29 is 4.74 Å². The second kappa shape index (κ2) is 5.01. The number of hydrogen-bond donors (Lipinski definition) is 0. The molecule has 5 heteroatoms. The van der Waals surface area contributed by atoms with E-state index < -0.39 is 0 Å². The molecular weight excluding hydrogens is 235 g/mol. The van der Waals surface area contributed by atoms with Crippen LogP contribution < -0.4 is 4.90 Å². The molecule has 0 spiro atoms. The van der Waals surface area contributed by atoms with E-state index in [9.17, 15) is 0 Å². The number of rotatable bonds is 2. The standard InChI is InChI=1S/C10H12Cl2N2O/c11-6-8-7-15-5-4-14(8)10-9(12)2-1-3-13-10/h1-3,8H,4-7H2. The van der Waals surface area contributed by atoms with E-state index >= 15 is 0 Å². The van der Waals surface area contributed by atoms with Gasteiger partial charge in [-0.3, -0.25) is 0 Å². The summed E-state index contributed by atoms with van der Waals surface area (Å²) in [7, 11) is 0. The Bertz CT molecular complexity index is 335. The summed E-state index contributed by atoms with van der Waals surface area (Å²) in [5.74, 6) is 1.32. The molecule has 3 nitrogen and oxygen atoms in total. The minimum absolute atomic E-state index is 0.160. The molecule has 1 unspecified atom stereocenters. The highest BCUT2D eigenvalue weighted by molar-refractivity contribution is 6.33. The van der Waals surface area contributed by atoms with Crippen LogP contribution in [0.4, 0.5) is 5.82 Å². The first-order chi connectivity index (χ1) is 7.33. The molecule has 1 aromatic rings. The molecule has 0 amide bonds. The van der Waals surface area contributed by atoms with Crippen molar-refractivity contribution in [3.8, 4) is 0 Å². The minimum atomic E-state index is 0.160. The molecule has 1 fully saturated rings. The number of halogens is 2. The van der Waals surface area contributed by atoms with Gasteiger partial charge in [-0.2, -0.15) is 0 Å². The first-order valence-electron chi connectivity index (χ1n) is 4.84. The highest BCUT2D eigenvalue weighted by Gasteiger charge is 2.24. The number of ether oxygens (including phenoxy) is 1. The number of pyridine rings is 1. The van der Waals surface area contributed by atoms with Gasteiger partial charge in [0.25, 0.3) is 0 Å². The third-order valence-corrected chi connectivity index (χ3v) is 3.07. The Morgan fingerprint density at radius 3 is 3.20 bits per heavy atom. The molecule has 2 rings (SSSR count). The molecule has 1 atom stereocenters. The molecule has 0 radical (unpaired) electrons. The van der Waals surface area contributed by atoms with Gasteiger partial charge in [0.05, 0.1) is 24.3 Å². The summed E-state index contributed by atoms with van der Waals surface area (Å²) < 4.78 is 5.37.